The number of carbonyl (C=O) groups is 1. The Morgan fingerprint density at radius 1 is 1.40 bits per heavy atom. The Morgan fingerprint density at radius 2 is 2.25 bits per heavy atom. The predicted molar refractivity (Wildman–Crippen MR) is 74.2 cm³/mol. The quantitative estimate of drug-likeness (QED) is 0.754. The van der Waals surface area contributed by atoms with E-state index < -0.39 is 0 Å². The minimum Gasteiger partial charge on any atom is -0.361 e. The highest BCUT2D eigenvalue weighted by Gasteiger charge is 2.10. The first-order valence-electron chi connectivity index (χ1n) is 6.83. The molecule has 0 spiro atoms. The van der Waals surface area contributed by atoms with E-state index in [-0.39, 0.29) is 5.91 Å². The molecular formula is C14H20N4O2. The average molecular weight is 276 g/mol. The molecule has 0 saturated carbocycles. The zero-order chi connectivity index (χ0) is 14.4. The summed E-state index contributed by atoms with van der Waals surface area (Å²) >= 11 is 0. The number of hydrogen-bond acceptors (Lipinski definition) is 4. The van der Waals surface area contributed by atoms with E-state index in [0.29, 0.717) is 19.4 Å². The molecule has 0 atom stereocenters. The SMILES string of the molecule is Cc1noc(C)c1CCC(=O)NCCCc1ncc[nH]1. The lowest BCUT2D eigenvalue weighted by atomic mass is 10.1. The maximum atomic E-state index is 11.7. The van der Waals surface area contributed by atoms with Crippen LogP contribution in [0.5, 0.6) is 0 Å². The third-order valence-corrected chi connectivity index (χ3v) is 3.25. The summed E-state index contributed by atoms with van der Waals surface area (Å²) in [6, 6.07) is 0. The molecule has 0 aromatic carbocycles. The Kier molecular flexibility index (Phi) is 4.92. The minimum absolute atomic E-state index is 0.0597. The van der Waals surface area contributed by atoms with E-state index >= 15 is 0 Å². The van der Waals surface area contributed by atoms with Gasteiger partial charge in [-0.2, -0.15) is 0 Å². The van der Waals surface area contributed by atoms with Crippen molar-refractivity contribution in [1.29, 1.82) is 0 Å². The van der Waals surface area contributed by atoms with Crippen LogP contribution in [0, 0.1) is 13.8 Å². The molecule has 0 aliphatic heterocycles. The van der Waals surface area contributed by atoms with Crippen molar-refractivity contribution in [2.24, 2.45) is 0 Å². The normalized spacial score (nSPS) is 10.7. The summed E-state index contributed by atoms with van der Waals surface area (Å²) < 4.78 is 5.08. The van der Waals surface area contributed by atoms with Crippen molar-refractivity contribution >= 4 is 5.91 Å². The lowest BCUT2D eigenvalue weighted by molar-refractivity contribution is -0.121. The van der Waals surface area contributed by atoms with Crippen LogP contribution in [0.2, 0.25) is 0 Å². The molecule has 6 nitrogen and oxygen atoms in total. The van der Waals surface area contributed by atoms with Crippen LogP contribution in [-0.2, 0) is 17.6 Å². The molecule has 2 aromatic rings. The number of aromatic amines is 1. The fraction of sp³-hybridized carbons (Fsp3) is 0.500. The van der Waals surface area contributed by atoms with Crippen LogP contribution in [0.25, 0.3) is 0 Å². The second kappa shape index (κ2) is 6.88. The summed E-state index contributed by atoms with van der Waals surface area (Å²) in [6.45, 7) is 4.44. The van der Waals surface area contributed by atoms with Gasteiger partial charge in [0.1, 0.15) is 11.6 Å². The zero-order valence-corrected chi connectivity index (χ0v) is 11.9. The van der Waals surface area contributed by atoms with Gasteiger partial charge in [-0.1, -0.05) is 5.16 Å². The standard InChI is InChI=1S/C14H20N4O2/c1-10-12(11(2)20-18-10)5-6-14(19)17-7-3-4-13-15-8-9-16-13/h8-9H,3-7H2,1-2H3,(H,15,16)(H,17,19). The average Bonchev–Trinajstić information content (AvgIpc) is 3.04. The molecule has 0 radical (unpaired) electrons. The highest BCUT2D eigenvalue weighted by atomic mass is 16.5. The molecule has 0 aliphatic rings. The van der Waals surface area contributed by atoms with Gasteiger partial charge in [0.25, 0.3) is 0 Å². The van der Waals surface area contributed by atoms with Crippen molar-refractivity contribution < 1.29 is 9.32 Å². The molecule has 0 aliphatic carbocycles. The number of amides is 1. The number of hydrogen-bond donors (Lipinski definition) is 2. The van der Waals surface area contributed by atoms with Crippen molar-refractivity contribution in [3.63, 3.8) is 0 Å². The molecule has 0 bridgehead atoms. The topological polar surface area (TPSA) is 83.8 Å². The number of rotatable bonds is 7. The van der Waals surface area contributed by atoms with Crippen molar-refractivity contribution in [2.45, 2.75) is 39.5 Å². The first-order valence-corrected chi connectivity index (χ1v) is 6.83. The van der Waals surface area contributed by atoms with E-state index in [1.807, 2.05) is 13.8 Å². The largest absolute Gasteiger partial charge is 0.361 e. The molecular weight excluding hydrogens is 256 g/mol. The van der Waals surface area contributed by atoms with Crippen molar-refractivity contribution in [3.8, 4) is 0 Å². The lowest BCUT2D eigenvalue weighted by Crippen LogP contribution is -2.25. The number of aromatic nitrogens is 3. The van der Waals surface area contributed by atoms with Crippen molar-refractivity contribution in [2.75, 3.05) is 6.54 Å². The number of nitrogens with zero attached hydrogens (tertiary/aromatic N) is 2. The maximum Gasteiger partial charge on any atom is 0.220 e. The Balaban J connectivity index is 1.63. The molecule has 20 heavy (non-hydrogen) atoms. The molecule has 2 N–H and O–H groups in total. The maximum absolute atomic E-state index is 11.7. The summed E-state index contributed by atoms with van der Waals surface area (Å²) in [4.78, 5) is 18.9. The summed E-state index contributed by atoms with van der Waals surface area (Å²) in [5, 5.41) is 6.80. The monoisotopic (exact) mass is 276 g/mol. The Morgan fingerprint density at radius 3 is 2.90 bits per heavy atom. The molecule has 0 saturated heterocycles. The van der Waals surface area contributed by atoms with E-state index in [4.69, 9.17) is 4.52 Å². The highest BCUT2D eigenvalue weighted by Crippen LogP contribution is 2.14. The van der Waals surface area contributed by atoms with E-state index in [0.717, 1.165) is 35.7 Å². The fourth-order valence-corrected chi connectivity index (χ4v) is 2.10. The minimum atomic E-state index is 0.0597. The summed E-state index contributed by atoms with van der Waals surface area (Å²) in [6.07, 6.45) is 6.39. The van der Waals surface area contributed by atoms with Gasteiger partial charge in [-0.05, 0) is 26.7 Å². The van der Waals surface area contributed by atoms with E-state index in [1.54, 1.807) is 12.4 Å². The summed E-state index contributed by atoms with van der Waals surface area (Å²) in [5.74, 6) is 1.81. The lowest BCUT2D eigenvalue weighted by Gasteiger charge is -2.04. The predicted octanol–water partition coefficient (Wildman–Crippen LogP) is 1.70. The van der Waals surface area contributed by atoms with Crippen LogP contribution in [0.3, 0.4) is 0 Å². The van der Waals surface area contributed by atoms with E-state index in [1.165, 1.54) is 0 Å². The van der Waals surface area contributed by atoms with Crippen LogP contribution in [0.15, 0.2) is 16.9 Å². The van der Waals surface area contributed by atoms with E-state index in [9.17, 15) is 4.79 Å². The first kappa shape index (κ1) is 14.3. The van der Waals surface area contributed by atoms with Crippen LogP contribution >= 0.6 is 0 Å². The van der Waals surface area contributed by atoms with Crippen molar-refractivity contribution in [3.05, 3.63) is 35.2 Å². The number of H-pyrrole nitrogens is 1. The van der Waals surface area contributed by atoms with Gasteiger partial charge in [-0.15, -0.1) is 0 Å². The van der Waals surface area contributed by atoms with Crippen LogP contribution < -0.4 is 5.32 Å². The number of carbonyl (C=O) groups excluding carboxylic acids is 1. The number of imidazole rings is 1. The fourth-order valence-electron chi connectivity index (χ4n) is 2.10. The number of nitrogens with one attached hydrogen (secondary N) is 2. The molecule has 6 heteroatoms. The third-order valence-electron chi connectivity index (χ3n) is 3.25. The zero-order valence-electron chi connectivity index (χ0n) is 11.9. The van der Waals surface area contributed by atoms with Gasteiger partial charge in [0.2, 0.25) is 5.91 Å². The smallest absolute Gasteiger partial charge is 0.220 e. The molecule has 2 aromatic heterocycles. The number of aryl methyl sites for hydroxylation is 3. The molecule has 0 fully saturated rings. The molecule has 1 amide bonds. The van der Waals surface area contributed by atoms with Gasteiger partial charge in [0.05, 0.1) is 5.69 Å². The third kappa shape index (κ3) is 3.94. The highest BCUT2D eigenvalue weighted by molar-refractivity contribution is 5.76. The first-order chi connectivity index (χ1) is 9.66. The summed E-state index contributed by atoms with van der Waals surface area (Å²) in [5.41, 5.74) is 1.91. The van der Waals surface area contributed by atoms with Gasteiger partial charge < -0.3 is 14.8 Å². The molecule has 2 rings (SSSR count). The van der Waals surface area contributed by atoms with Crippen LogP contribution in [0.1, 0.15) is 35.7 Å². The molecule has 2 heterocycles. The van der Waals surface area contributed by atoms with Gasteiger partial charge in [-0.3, -0.25) is 4.79 Å². The molecule has 0 unspecified atom stereocenters. The van der Waals surface area contributed by atoms with Crippen LogP contribution in [-0.4, -0.2) is 27.6 Å². The second-order valence-electron chi connectivity index (χ2n) is 4.79. The van der Waals surface area contributed by atoms with Crippen molar-refractivity contribution in [1.82, 2.24) is 20.4 Å². The Hall–Kier alpha value is -2.11. The van der Waals surface area contributed by atoms with Gasteiger partial charge >= 0.3 is 0 Å². The second-order valence-corrected chi connectivity index (χ2v) is 4.79. The van der Waals surface area contributed by atoms with E-state index in [2.05, 4.69) is 20.4 Å². The van der Waals surface area contributed by atoms with Gasteiger partial charge in [0.15, 0.2) is 0 Å². The Labute approximate surface area is 118 Å². The molecule has 108 valence electrons. The Bertz CT molecular complexity index is 526. The van der Waals surface area contributed by atoms with Gasteiger partial charge in [0, 0.05) is 37.3 Å². The van der Waals surface area contributed by atoms with Gasteiger partial charge in [-0.25, -0.2) is 4.98 Å². The summed E-state index contributed by atoms with van der Waals surface area (Å²) in [7, 11) is 0. The van der Waals surface area contributed by atoms with Crippen LogP contribution in [0.4, 0.5) is 0 Å².